The Morgan fingerprint density at radius 1 is 0.547 bits per heavy atom. The predicted octanol–water partition coefficient (Wildman–Crippen LogP) is 9.93. The molecule has 2 heterocycles. The first-order valence-electron chi connectivity index (χ1n) is 20.2. The molecule has 5 aromatic carbocycles. The second kappa shape index (κ2) is 17.9. The third kappa shape index (κ3) is 9.79. The first kappa shape index (κ1) is 45.7. The van der Waals surface area contributed by atoms with Crippen molar-refractivity contribution in [1.29, 1.82) is 0 Å². The van der Waals surface area contributed by atoms with Gasteiger partial charge < -0.3 is 23.7 Å². The molecule has 0 saturated carbocycles. The van der Waals surface area contributed by atoms with Gasteiger partial charge in [-0.1, -0.05) is 39.0 Å². The molecule has 0 aliphatic heterocycles. The van der Waals surface area contributed by atoms with Crippen molar-refractivity contribution in [2.75, 3.05) is 0 Å². The van der Waals surface area contributed by atoms with E-state index in [1.54, 1.807) is 69.3 Å². The van der Waals surface area contributed by atoms with Crippen LogP contribution in [0.15, 0.2) is 141 Å². The summed E-state index contributed by atoms with van der Waals surface area (Å²) in [5.41, 5.74) is -1.26. The zero-order valence-electron chi connectivity index (χ0n) is 37.1. The SMILES string of the molecule is C=C(C)C.C=C(C)C(=O)Oc1ccc(Oc2cc(-n3c(=O)c4cc5c(=O)n(C(C)(C)C)c(=O)c5cc4c3=O)ccc2Oc2ccc(C(C)(C)C)c(Oc3ccc(OC=O)cc3)c2)cc1. The Labute approximate surface area is 368 Å². The van der Waals surface area contributed by atoms with E-state index in [2.05, 4.69) is 13.2 Å². The molecule has 0 N–H and O–H groups in total. The van der Waals surface area contributed by atoms with Crippen LogP contribution < -0.4 is 45.9 Å². The van der Waals surface area contributed by atoms with E-state index in [-0.39, 0.29) is 55.5 Å². The summed E-state index contributed by atoms with van der Waals surface area (Å²) in [6.07, 6.45) is 0. The lowest BCUT2D eigenvalue weighted by atomic mass is 9.86. The highest BCUT2D eigenvalue weighted by Gasteiger charge is 2.26. The van der Waals surface area contributed by atoms with E-state index >= 15 is 0 Å². The van der Waals surface area contributed by atoms with Crippen molar-refractivity contribution in [2.45, 2.75) is 73.3 Å². The zero-order valence-corrected chi connectivity index (χ0v) is 37.1. The van der Waals surface area contributed by atoms with E-state index in [0.717, 1.165) is 14.7 Å². The van der Waals surface area contributed by atoms with Crippen molar-refractivity contribution in [3.05, 3.63) is 168 Å². The average molecular weight is 865 g/mol. The summed E-state index contributed by atoms with van der Waals surface area (Å²) in [4.78, 5) is 77.5. The normalized spacial score (nSPS) is 11.4. The molecule has 0 spiro atoms. The van der Waals surface area contributed by atoms with Gasteiger partial charge in [0.2, 0.25) is 0 Å². The second-order valence-corrected chi connectivity index (χ2v) is 17.4. The highest BCUT2D eigenvalue weighted by atomic mass is 16.5. The number of aromatic nitrogens is 2. The lowest BCUT2D eigenvalue weighted by Crippen LogP contribution is -2.38. The molecule has 328 valence electrons. The molecule has 2 aromatic heterocycles. The van der Waals surface area contributed by atoms with Crippen LogP contribution in [0.3, 0.4) is 0 Å². The molecule has 7 aromatic rings. The number of fused-ring (bicyclic) bond motifs is 2. The number of hydrogen-bond donors (Lipinski definition) is 0. The molecule has 0 atom stereocenters. The summed E-state index contributed by atoms with van der Waals surface area (Å²) in [5, 5.41) is 0.0598. The molecule has 0 unspecified atom stereocenters. The number of hydrogen-bond acceptors (Lipinski definition) is 11. The molecular formula is C51H48N2O11. The summed E-state index contributed by atoms with van der Waals surface area (Å²) in [6.45, 7) is 24.3. The fraction of sp³-hybridized carbons (Fsp3) is 0.216. The molecule has 0 aliphatic carbocycles. The van der Waals surface area contributed by atoms with Gasteiger partial charge in [0, 0.05) is 28.8 Å². The minimum absolute atomic E-state index is 0.0178. The van der Waals surface area contributed by atoms with E-state index in [1.165, 1.54) is 55.0 Å². The van der Waals surface area contributed by atoms with Gasteiger partial charge in [-0.15, -0.1) is 6.58 Å². The summed E-state index contributed by atoms with van der Waals surface area (Å²) in [5.74, 6) is 1.91. The number of ether oxygens (including phenoxy) is 5. The summed E-state index contributed by atoms with van der Waals surface area (Å²) in [6, 6.07) is 25.2. The van der Waals surface area contributed by atoms with Gasteiger partial charge in [-0.25, -0.2) is 9.36 Å². The average Bonchev–Trinajstić information content (AvgIpc) is 3.61. The lowest BCUT2D eigenvalue weighted by Gasteiger charge is -2.23. The third-order valence-electron chi connectivity index (χ3n) is 9.58. The van der Waals surface area contributed by atoms with Crippen molar-refractivity contribution in [1.82, 2.24) is 9.13 Å². The van der Waals surface area contributed by atoms with Gasteiger partial charge in [-0.2, -0.15) is 0 Å². The van der Waals surface area contributed by atoms with Crippen molar-refractivity contribution in [3.63, 3.8) is 0 Å². The quantitative estimate of drug-likeness (QED) is 0.0401. The summed E-state index contributed by atoms with van der Waals surface area (Å²) in [7, 11) is 0. The maximum Gasteiger partial charge on any atom is 0.338 e. The maximum atomic E-state index is 14.0. The van der Waals surface area contributed by atoms with Crippen LogP contribution in [0.2, 0.25) is 0 Å². The standard InChI is InChI=1S/C47H40N2O11.C4H8/c1-26(2)45(55)60-31-16-14-30(15-17-31)58-40-21-27(48-41(51)33-23-35-36(24-34(33)42(48)52)44(54)49(43(35)53)47(6,7)8)9-20-38(40)59-32-18-19-37(46(3,4)5)39(22-32)57-29-12-10-28(11-13-29)56-25-50;1-4(2)3/h9-25H,1H2,2-8H3;1H2,2-3H3. The Morgan fingerprint density at radius 3 is 1.48 bits per heavy atom. The highest BCUT2D eigenvalue weighted by molar-refractivity contribution is 5.98. The Hall–Kier alpha value is -7.80. The van der Waals surface area contributed by atoms with Crippen LogP contribution in [-0.2, 0) is 20.5 Å². The van der Waals surface area contributed by atoms with Crippen LogP contribution in [-0.4, -0.2) is 21.6 Å². The smallest absolute Gasteiger partial charge is 0.338 e. The summed E-state index contributed by atoms with van der Waals surface area (Å²) >= 11 is 0. The van der Waals surface area contributed by atoms with Gasteiger partial charge >= 0.3 is 5.97 Å². The molecular weight excluding hydrogens is 817 g/mol. The van der Waals surface area contributed by atoms with Gasteiger partial charge in [0.1, 0.15) is 34.5 Å². The lowest BCUT2D eigenvalue weighted by molar-refractivity contribution is -0.130. The van der Waals surface area contributed by atoms with Gasteiger partial charge in [0.15, 0.2) is 11.5 Å². The Balaban J connectivity index is 0.00000163. The van der Waals surface area contributed by atoms with Gasteiger partial charge in [-0.05, 0) is 126 Å². The Kier molecular flexibility index (Phi) is 12.8. The van der Waals surface area contributed by atoms with Gasteiger partial charge in [0.05, 0.1) is 27.2 Å². The predicted molar refractivity (Wildman–Crippen MR) is 247 cm³/mol. The van der Waals surface area contributed by atoms with Gasteiger partial charge in [0.25, 0.3) is 28.7 Å². The summed E-state index contributed by atoms with van der Waals surface area (Å²) < 4.78 is 31.3. The van der Waals surface area contributed by atoms with Crippen LogP contribution in [0, 0.1) is 0 Å². The number of carbonyl (C=O) groups excluding carboxylic acids is 2. The molecule has 7 rings (SSSR count). The molecule has 0 radical (unpaired) electrons. The molecule has 0 saturated heterocycles. The molecule has 13 nitrogen and oxygen atoms in total. The van der Waals surface area contributed by atoms with Crippen molar-refractivity contribution >= 4 is 34.0 Å². The Morgan fingerprint density at radius 2 is 1.00 bits per heavy atom. The zero-order chi connectivity index (χ0) is 46.8. The first-order valence-corrected chi connectivity index (χ1v) is 20.2. The second-order valence-electron chi connectivity index (χ2n) is 17.4. The topological polar surface area (TPSA) is 158 Å². The van der Waals surface area contributed by atoms with Crippen molar-refractivity contribution in [2.24, 2.45) is 0 Å². The van der Waals surface area contributed by atoms with Crippen LogP contribution in [0.25, 0.3) is 27.2 Å². The van der Waals surface area contributed by atoms with Crippen LogP contribution in [0.4, 0.5) is 0 Å². The minimum atomic E-state index is -0.822. The number of benzene rings is 5. The third-order valence-corrected chi connectivity index (χ3v) is 9.58. The van der Waals surface area contributed by atoms with Crippen LogP contribution >= 0.6 is 0 Å². The molecule has 0 aliphatic rings. The highest BCUT2D eigenvalue weighted by Crippen LogP contribution is 2.41. The molecule has 0 fully saturated rings. The molecule has 0 amide bonds. The molecule has 64 heavy (non-hydrogen) atoms. The number of allylic oxidation sites excluding steroid dienone is 1. The van der Waals surface area contributed by atoms with Gasteiger partial charge in [-0.3, -0.25) is 28.5 Å². The van der Waals surface area contributed by atoms with E-state index in [4.69, 9.17) is 23.7 Å². The molecule has 0 bridgehead atoms. The minimum Gasteiger partial charge on any atom is -0.457 e. The fourth-order valence-electron chi connectivity index (χ4n) is 6.68. The van der Waals surface area contributed by atoms with E-state index in [1.807, 2.05) is 40.7 Å². The van der Waals surface area contributed by atoms with Crippen LogP contribution in [0.5, 0.6) is 46.0 Å². The van der Waals surface area contributed by atoms with Crippen LogP contribution in [0.1, 0.15) is 67.9 Å². The Bertz CT molecular complexity index is 3090. The number of nitrogens with zero attached hydrogens (tertiary/aromatic N) is 2. The van der Waals surface area contributed by atoms with Crippen molar-refractivity contribution in [3.8, 4) is 51.7 Å². The number of carbonyl (C=O) groups is 2. The number of esters is 1. The fourth-order valence-corrected chi connectivity index (χ4v) is 6.68. The number of rotatable bonds is 11. The first-order chi connectivity index (χ1) is 30.1. The van der Waals surface area contributed by atoms with Crippen molar-refractivity contribution < 1.29 is 33.3 Å². The molecule has 13 heteroatoms. The monoisotopic (exact) mass is 864 g/mol. The van der Waals surface area contributed by atoms with E-state index in [9.17, 15) is 28.8 Å². The largest absolute Gasteiger partial charge is 0.457 e. The van der Waals surface area contributed by atoms with E-state index < -0.39 is 33.7 Å². The maximum absolute atomic E-state index is 14.0. The van der Waals surface area contributed by atoms with E-state index in [0.29, 0.717) is 35.2 Å².